The van der Waals surface area contributed by atoms with Crippen LogP contribution in [0.3, 0.4) is 0 Å². The molecule has 0 amide bonds. The van der Waals surface area contributed by atoms with Gasteiger partial charge in [0.25, 0.3) is 5.56 Å². The highest BCUT2D eigenvalue weighted by atomic mass is 35.5. The molecule has 0 saturated heterocycles. The van der Waals surface area contributed by atoms with Gasteiger partial charge in [0.15, 0.2) is 18.1 Å². The molecule has 3 aromatic rings. The van der Waals surface area contributed by atoms with Crippen LogP contribution in [-0.4, -0.2) is 42.0 Å². The molecule has 1 heterocycles. The third kappa shape index (κ3) is 6.49. The molecule has 198 valence electrons. The van der Waals surface area contributed by atoms with Gasteiger partial charge in [0.05, 0.1) is 17.3 Å². The molecule has 14 heteroatoms. The number of methoxy groups -OCH3 is 1. The average Bonchev–Trinajstić information content (AvgIpc) is 2.83. The number of hydrogen-bond acceptors (Lipinski definition) is 7. The van der Waals surface area contributed by atoms with Crippen molar-refractivity contribution in [2.45, 2.75) is 6.18 Å². The fourth-order valence-corrected chi connectivity index (χ4v) is 3.27. The number of rotatable bonds is 9. The first kappa shape index (κ1) is 27.7. The summed E-state index contributed by atoms with van der Waals surface area (Å²) >= 11 is 6.07. The predicted molar refractivity (Wildman–Crippen MR) is 122 cm³/mol. The molecule has 0 bridgehead atoms. The molecule has 2 aromatic carbocycles. The second-order valence-electron chi connectivity index (χ2n) is 7.33. The van der Waals surface area contributed by atoms with E-state index in [0.29, 0.717) is 0 Å². The molecule has 9 nitrogen and oxygen atoms in total. The van der Waals surface area contributed by atoms with Crippen molar-refractivity contribution >= 4 is 17.6 Å². The standard InChI is InChI=1S/C23H19ClF4N2O7/c1-29-19(23(26,27)28)11-20(31)30(22(29)33)15-10-18(13(24)9-14(15)25)37-17-6-4-3-5-16(17)36-12-21(32)35-8-7-34-2/h3-6,9-11H,7-8,12H2,1-2H3. The highest BCUT2D eigenvalue weighted by Gasteiger charge is 2.35. The SMILES string of the molecule is COCCOC(=O)COc1ccccc1Oc1cc(-n2c(=O)cc(C(F)(F)F)n(C)c2=O)c(F)cc1Cl. The number of benzene rings is 2. The van der Waals surface area contributed by atoms with Crippen molar-refractivity contribution in [3.8, 4) is 22.9 Å². The van der Waals surface area contributed by atoms with Crippen molar-refractivity contribution in [2.75, 3.05) is 26.9 Å². The number of alkyl halides is 3. The van der Waals surface area contributed by atoms with Gasteiger partial charge >= 0.3 is 17.8 Å². The van der Waals surface area contributed by atoms with Crippen molar-refractivity contribution in [1.82, 2.24) is 9.13 Å². The molecule has 0 aliphatic carbocycles. The number of carbonyl (C=O) groups is 1. The van der Waals surface area contributed by atoms with Crippen LogP contribution in [0.4, 0.5) is 17.6 Å². The number of esters is 1. The molecular formula is C23H19ClF4N2O7. The van der Waals surface area contributed by atoms with E-state index in [0.717, 1.165) is 19.2 Å². The van der Waals surface area contributed by atoms with Gasteiger partial charge in [-0.15, -0.1) is 0 Å². The Labute approximate surface area is 211 Å². The largest absolute Gasteiger partial charge is 0.478 e. The molecule has 1 aromatic heterocycles. The minimum Gasteiger partial charge on any atom is -0.478 e. The second kappa shape index (κ2) is 11.5. The van der Waals surface area contributed by atoms with Crippen LogP contribution in [0.15, 0.2) is 52.1 Å². The zero-order valence-electron chi connectivity index (χ0n) is 19.3. The summed E-state index contributed by atoms with van der Waals surface area (Å²) in [5.74, 6) is -2.04. The van der Waals surface area contributed by atoms with E-state index in [2.05, 4.69) is 0 Å². The molecule has 0 spiro atoms. The molecule has 0 radical (unpaired) electrons. The van der Waals surface area contributed by atoms with E-state index in [1.54, 1.807) is 12.1 Å². The first-order chi connectivity index (χ1) is 17.4. The number of aromatic nitrogens is 2. The minimum atomic E-state index is -4.99. The highest BCUT2D eigenvalue weighted by Crippen LogP contribution is 2.37. The fourth-order valence-electron chi connectivity index (χ4n) is 3.08. The first-order valence-electron chi connectivity index (χ1n) is 10.4. The van der Waals surface area contributed by atoms with E-state index in [4.69, 9.17) is 30.5 Å². The van der Waals surface area contributed by atoms with E-state index in [1.807, 2.05) is 0 Å². The van der Waals surface area contributed by atoms with Gasteiger partial charge in [-0.25, -0.2) is 18.5 Å². The Hall–Kier alpha value is -3.84. The van der Waals surface area contributed by atoms with Crippen LogP contribution < -0.4 is 20.7 Å². The molecule has 0 fully saturated rings. The fraction of sp³-hybridized carbons (Fsp3) is 0.261. The van der Waals surface area contributed by atoms with Crippen molar-refractivity contribution in [1.29, 1.82) is 0 Å². The smallest absolute Gasteiger partial charge is 0.431 e. The van der Waals surface area contributed by atoms with Gasteiger partial charge in [0.1, 0.15) is 23.9 Å². The van der Waals surface area contributed by atoms with Crippen LogP contribution in [0.1, 0.15) is 5.69 Å². The maximum absolute atomic E-state index is 14.7. The van der Waals surface area contributed by atoms with Gasteiger partial charge in [-0.05, 0) is 18.2 Å². The molecule has 0 aliphatic rings. The molecule has 0 unspecified atom stereocenters. The summed E-state index contributed by atoms with van der Waals surface area (Å²) < 4.78 is 75.3. The summed E-state index contributed by atoms with van der Waals surface area (Å²) in [6.07, 6.45) is -4.99. The van der Waals surface area contributed by atoms with Gasteiger partial charge in [-0.1, -0.05) is 23.7 Å². The van der Waals surface area contributed by atoms with Crippen LogP contribution in [0.2, 0.25) is 5.02 Å². The number of halogens is 5. The highest BCUT2D eigenvalue weighted by molar-refractivity contribution is 6.32. The van der Waals surface area contributed by atoms with Crippen LogP contribution in [0.5, 0.6) is 17.2 Å². The molecular weight excluding hydrogens is 528 g/mol. The third-order valence-corrected chi connectivity index (χ3v) is 5.11. The Morgan fingerprint density at radius 1 is 1.03 bits per heavy atom. The minimum absolute atomic E-state index is 0.0133. The molecule has 3 rings (SSSR count). The zero-order chi connectivity index (χ0) is 27.3. The van der Waals surface area contributed by atoms with Gasteiger partial charge in [-0.2, -0.15) is 13.2 Å². The van der Waals surface area contributed by atoms with E-state index >= 15 is 0 Å². The van der Waals surface area contributed by atoms with Crippen molar-refractivity contribution in [3.05, 3.63) is 79.8 Å². The third-order valence-electron chi connectivity index (χ3n) is 4.82. The molecule has 0 N–H and O–H groups in total. The Bertz CT molecular complexity index is 1420. The summed E-state index contributed by atoms with van der Waals surface area (Å²) in [5, 5.41) is -0.285. The number of nitrogens with zero attached hydrogens (tertiary/aromatic N) is 2. The van der Waals surface area contributed by atoms with E-state index in [9.17, 15) is 31.9 Å². The van der Waals surface area contributed by atoms with E-state index < -0.39 is 47.2 Å². The summed E-state index contributed by atoms with van der Waals surface area (Å²) in [5.41, 5.74) is -5.06. The average molecular weight is 547 g/mol. The van der Waals surface area contributed by atoms with Crippen LogP contribution >= 0.6 is 11.6 Å². The lowest BCUT2D eigenvalue weighted by Crippen LogP contribution is -2.41. The van der Waals surface area contributed by atoms with Crippen LogP contribution in [0, 0.1) is 5.82 Å². The first-order valence-corrected chi connectivity index (χ1v) is 10.8. The maximum atomic E-state index is 14.7. The predicted octanol–water partition coefficient (Wildman–Crippen LogP) is 3.71. The number of para-hydroxylation sites is 2. The Kier molecular flexibility index (Phi) is 8.61. The van der Waals surface area contributed by atoms with Crippen LogP contribution in [0.25, 0.3) is 5.69 Å². The zero-order valence-corrected chi connectivity index (χ0v) is 20.1. The Balaban J connectivity index is 1.96. The van der Waals surface area contributed by atoms with Crippen molar-refractivity contribution in [3.63, 3.8) is 0 Å². The van der Waals surface area contributed by atoms with Crippen molar-refractivity contribution < 1.29 is 41.3 Å². The lowest BCUT2D eigenvalue weighted by atomic mass is 10.2. The molecule has 0 aliphatic heterocycles. The number of carbonyl (C=O) groups excluding carboxylic acids is 1. The summed E-state index contributed by atoms with van der Waals surface area (Å²) in [6, 6.07) is 7.77. The van der Waals surface area contributed by atoms with Gasteiger partial charge in [0.2, 0.25) is 0 Å². The van der Waals surface area contributed by atoms with Gasteiger partial charge in [0, 0.05) is 26.3 Å². The molecule has 37 heavy (non-hydrogen) atoms. The van der Waals surface area contributed by atoms with E-state index in [1.165, 1.54) is 19.2 Å². The lowest BCUT2D eigenvalue weighted by Gasteiger charge is -2.16. The van der Waals surface area contributed by atoms with Gasteiger partial charge in [-0.3, -0.25) is 9.36 Å². The normalized spacial score (nSPS) is 11.3. The van der Waals surface area contributed by atoms with Crippen molar-refractivity contribution in [2.24, 2.45) is 7.05 Å². The number of ether oxygens (including phenoxy) is 4. The lowest BCUT2D eigenvalue weighted by molar-refractivity contribution is -0.147. The summed E-state index contributed by atoms with van der Waals surface area (Å²) in [4.78, 5) is 36.8. The van der Waals surface area contributed by atoms with Gasteiger partial charge < -0.3 is 18.9 Å². The second-order valence-corrected chi connectivity index (χ2v) is 7.73. The topological polar surface area (TPSA) is 98.0 Å². The van der Waals surface area contributed by atoms with Crippen LogP contribution in [-0.2, 0) is 27.5 Å². The number of hydrogen-bond donors (Lipinski definition) is 0. The Morgan fingerprint density at radius 2 is 1.70 bits per heavy atom. The monoisotopic (exact) mass is 546 g/mol. The Morgan fingerprint density at radius 3 is 2.35 bits per heavy atom. The summed E-state index contributed by atoms with van der Waals surface area (Å²) in [6.45, 7) is -0.265. The maximum Gasteiger partial charge on any atom is 0.431 e. The molecule has 0 atom stereocenters. The molecule has 0 saturated carbocycles. The summed E-state index contributed by atoms with van der Waals surface area (Å²) in [7, 11) is 2.23. The quantitative estimate of drug-likeness (QED) is 0.229. The van der Waals surface area contributed by atoms with E-state index in [-0.39, 0.29) is 50.7 Å².